The van der Waals surface area contributed by atoms with E-state index in [2.05, 4.69) is 202 Å². The van der Waals surface area contributed by atoms with Crippen molar-refractivity contribution >= 4 is 314 Å². The Morgan fingerprint density at radius 1 is 0.492 bits per heavy atom. The summed E-state index contributed by atoms with van der Waals surface area (Å²) in [5.41, 5.74) is -2.36. The molecule has 15 rings (SSSR count). The monoisotopic (exact) mass is 2540 g/mol. The van der Waals surface area contributed by atoms with Crippen molar-refractivity contribution in [1.82, 2.24) is 73.1 Å². The van der Waals surface area contributed by atoms with Crippen molar-refractivity contribution < 1.29 is 119 Å². The summed E-state index contributed by atoms with van der Waals surface area (Å²) in [6.07, 6.45) is 4.70. The number of rotatable bonds is 20. The number of nitrogens with one attached hydrogen (secondary N) is 3. The summed E-state index contributed by atoms with van der Waals surface area (Å²) in [5, 5.41) is 154. The Bertz CT molecular complexity index is 5500. The van der Waals surface area contributed by atoms with Crippen LogP contribution in [0.5, 0.6) is 0 Å². The quantitative estimate of drug-likeness (QED) is 0.0171. The number of fused-ring (bicyclic) bond motifs is 5. The van der Waals surface area contributed by atoms with Gasteiger partial charge in [-0.3, -0.25) is 39.6 Å². The van der Waals surface area contributed by atoms with E-state index in [4.69, 9.17) is 82.4 Å². The zero-order valence-corrected chi connectivity index (χ0v) is 83.6. The highest BCUT2D eigenvalue weighted by Gasteiger charge is 2.67. The molecule has 18 N–H and O–H groups in total. The highest BCUT2D eigenvalue weighted by Crippen LogP contribution is 2.55. The second-order valence-corrected chi connectivity index (χ2v) is 38.8. The van der Waals surface area contributed by atoms with E-state index in [1.165, 1.54) is 66.0 Å². The van der Waals surface area contributed by atoms with E-state index >= 15 is 0 Å². The van der Waals surface area contributed by atoms with Crippen molar-refractivity contribution in [3.05, 3.63) is 92.4 Å². The van der Waals surface area contributed by atoms with Gasteiger partial charge in [0.1, 0.15) is 169 Å². The first-order valence-corrected chi connectivity index (χ1v) is 45.3. The summed E-state index contributed by atoms with van der Waals surface area (Å²) in [7, 11) is -5.03. The minimum absolute atomic E-state index is 0.0115. The molecule has 0 aromatic carbocycles. The Morgan fingerprint density at radius 2 is 0.836 bits per heavy atom. The largest absolute Gasteiger partial charge is 0.490 e. The molecule has 5 aliphatic heterocycles. The molecule has 10 aromatic heterocycles. The molecule has 0 bridgehead atoms. The van der Waals surface area contributed by atoms with Gasteiger partial charge in [0.15, 0.2) is 11.6 Å². The van der Waals surface area contributed by atoms with Gasteiger partial charge in [-0.05, 0) is 189 Å². The Labute approximate surface area is 813 Å². The summed E-state index contributed by atoms with van der Waals surface area (Å²) in [6.45, 7) is 12.3. The number of hydrogen-bond donors (Lipinski definition) is 18. The van der Waals surface area contributed by atoms with Crippen molar-refractivity contribution in [1.29, 1.82) is 5.34 Å². The second-order valence-electron chi connectivity index (χ2n) is 28.0. The lowest BCUT2D eigenvalue weighted by molar-refractivity contribution is -0.116. The number of alkyl halides is 5. The zero-order chi connectivity index (χ0) is 93.8. The molecule has 122 heavy (non-hydrogen) atoms. The molecule has 0 unspecified atom stereocenters. The van der Waals surface area contributed by atoms with Crippen molar-refractivity contribution in [2.45, 2.75) is 175 Å². The van der Waals surface area contributed by atoms with Gasteiger partial charge in [-0.2, -0.15) is 0 Å². The Hall–Kier alpha value is -1.75. The molecular formula is C64H80B5Br5Cl3I4N17O24. The number of anilines is 2. The minimum Gasteiger partial charge on any atom is -0.437 e. The molecule has 20 atom stereocenters. The van der Waals surface area contributed by atoms with Crippen LogP contribution in [0.2, 0.25) is 42.8 Å². The lowest BCUT2D eigenvalue weighted by Gasteiger charge is -2.37. The number of nitrogens with zero attached hydrogens (tertiary/aromatic N) is 14. The maximum Gasteiger partial charge on any atom is 0.490 e. The van der Waals surface area contributed by atoms with Gasteiger partial charge in [-0.15, -0.1) is 0 Å². The highest BCUT2D eigenvalue weighted by molar-refractivity contribution is 14.1. The van der Waals surface area contributed by atoms with Crippen LogP contribution in [-0.4, -0.2) is 319 Å². The number of ether oxygens (including phenoxy) is 5. The fourth-order valence-corrected chi connectivity index (χ4v) is 21.4. The number of aromatic amines is 1. The maximum absolute atomic E-state index is 11.5. The SMILES string of the molecule is C[C@@]1(O)[C@H](O)[C@@H](CO)O[C@@]1(Br)n1cc(B(O)O)c2c(NO)ncnc21.C[C@@]1(O)[C@H](O)[C@@H](CO)O[C@@]1(Br)n1cc(I)c2c(Cl)ncnc21.C[C@@]1(O)[C@H](O)[C@@H](CO)O[C@@]1(Br)n1cc(I)c2c(NO)ncnc21.Clc1ncnc2[nH]cc(I)c12.[2H]B(C)OC[C@H]1O[C@@](Br)(n2cc(I)c3c(Cl)ncnc32)[C@](C)(O)[C@@H]1OB([2H])C.[2H]B(C)OC[C@H]1O[C@H](Br)[C@@](C)(O)[C@@H]1OB([2H])C. The third kappa shape index (κ3) is 18.9. The summed E-state index contributed by atoms with van der Waals surface area (Å²) in [6, 6.07) is 0. The Kier molecular flexibility index (Phi) is 32.5. The van der Waals surface area contributed by atoms with E-state index in [1.807, 2.05) is 39.7 Å². The van der Waals surface area contributed by atoms with Gasteiger partial charge in [0.25, 0.3) is 29.8 Å². The van der Waals surface area contributed by atoms with Gasteiger partial charge in [-0.25, -0.2) is 49.8 Å². The molecular weight excluding hydrogens is 2460 g/mol. The minimum atomic E-state index is -1.94. The van der Waals surface area contributed by atoms with Gasteiger partial charge in [0.2, 0.25) is 18.5 Å². The fraction of sp³-hybridized carbons (Fsp3) is 0.531. The van der Waals surface area contributed by atoms with Crippen molar-refractivity contribution in [3.8, 4) is 0 Å². The average molecular weight is 2540 g/mol. The summed E-state index contributed by atoms with van der Waals surface area (Å²) in [4.78, 5) is 43.3. The van der Waals surface area contributed by atoms with Crippen LogP contribution in [-0.2, 0) is 60.8 Å². The third-order valence-electron chi connectivity index (χ3n) is 20.3. The lowest BCUT2D eigenvalue weighted by atomic mass is 9.80. The van der Waals surface area contributed by atoms with Crippen LogP contribution in [0.15, 0.2) is 62.6 Å². The molecule has 10 aromatic rings. The number of hydrogen-bond acceptors (Lipinski definition) is 36. The smallest absolute Gasteiger partial charge is 0.437 e. The Balaban J connectivity index is 0.000000160. The van der Waals surface area contributed by atoms with E-state index in [9.17, 15) is 76.6 Å². The van der Waals surface area contributed by atoms with Crippen LogP contribution < -0.4 is 16.4 Å². The van der Waals surface area contributed by atoms with Gasteiger partial charge in [0, 0.05) is 56.1 Å². The van der Waals surface area contributed by atoms with E-state index in [-0.39, 0.29) is 51.7 Å². The first-order chi connectivity index (χ1) is 58.7. The third-order valence-corrected chi connectivity index (χ3v) is 31.1. The zero-order valence-electron chi connectivity index (χ0n) is 68.7. The highest BCUT2D eigenvalue weighted by atomic mass is 127. The maximum atomic E-state index is 11.5. The molecule has 664 valence electrons. The van der Waals surface area contributed by atoms with Gasteiger partial charge < -0.3 is 114 Å². The number of aliphatic hydroxyl groups excluding tert-OH is 6. The van der Waals surface area contributed by atoms with Gasteiger partial charge >= 0.3 is 7.12 Å². The van der Waals surface area contributed by atoms with Gasteiger partial charge in [-0.1, -0.05) is 78.0 Å². The van der Waals surface area contributed by atoms with Gasteiger partial charge in [0.05, 0.1) is 60.0 Å². The average Bonchev–Trinajstić information content (AvgIpc) is 1.59. The topological polar surface area (TPSA) is 575 Å². The molecule has 0 saturated carbocycles. The van der Waals surface area contributed by atoms with Crippen LogP contribution in [0.3, 0.4) is 0 Å². The number of H-pyrrole nitrogens is 1. The molecule has 15 heterocycles. The van der Waals surface area contributed by atoms with Crippen molar-refractivity contribution in [2.24, 2.45) is 0 Å². The van der Waals surface area contributed by atoms with Crippen molar-refractivity contribution in [2.75, 3.05) is 44.0 Å². The molecule has 0 spiro atoms. The van der Waals surface area contributed by atoms with E-state index in [0.29, 0.717) is 41.8 Å². The summed E-state index contributed by atoms with van der Waals surface area (Å²) in [5.74, 6) is 0.103. The predicted octanol–water partition coefficient (Wildman–Crippen LogP) is 3.28. The first kappa shape index (κ1) is 96.3. The van der Waals surface area contributed by atoms with Crippen LogP contribution >= 0.6 is 205 Å². The number of aliphatic hydroxyl groups is 11. The molecule has 5 aliphatic rings. The van der Waals surface area contributed by atoms with Crippen LogP contribution in [0, 0.1) is 14.3 Å². The van der Waals surface area contributed by atoms with E-state index in [1.54, 1.807) is 64.3 Å². The standard InChI is InChI=1S/C14H18B2BrClIN3O4.C12H16BBrN4O7.C12H12BrClIN3O4.C12H14BrIN4O5.C8H17B2BrO4.C6H3ClIN3/c1-13(23)10(26-16-3)8(5-24-15-2)25-14(13,17)22-4-7(19)9-11(18)20-6-21-12(9)22;1-11(21)8(20)6(3-19)25-12(11,14)18-2-5(13(22)23)7-9(17-24)15-4-16-10(7)18;1-11(21)8(20)6(3-19)22-12(11,13)18-2-5(15)7-9(14)16-4-17-10(7)18;1-11(21)8(20)6(3-19)23-12(11,13)18-2-5(14)7-9(17-22)15-4-16-10(7)18;1-8(12)6(15-10-3)5(4-13-9-2)14-7(8)11;7-5-4-3(8)1-9-6(4)11-2-10-5/h4,6,8,10,15-16,23H,5H2,1-3H3;2,4,6,8,19-24H,3H2,1H3,(H,15,16,17);2,4,6,8,19-21H,3H2,1H3;2,4,6,8,19-22H,3H2,1H3,(H,15,16,17);5-7,9-10,12H,4H2,1-3H3;1-2H,(H,9,10,11)/t8-,10-,13-,14+;3*6-,8-,11-,12+;5-,6-,7+,8+;/m11111./s1/i15D,16D;;;;9D,10D;. The predicted molar refractivity (Wildman–Crippen MR) is 501 cm³/mol. The summed E-state index contributed by atoms with van der Waals surface area (Å²) >= 11 is 43.3. The van der Waals surface area contributed by atoms with Crippen molar-refractivity contribution in [3.63, 3.8) is 0 Å². The fourth-order valence-electron chi connectivity index (χ4n) is 13.8. The van der Waals surface area contributed by atoms with E-state index < -0.39 is 169 Å². The van der Waals surface area contributed by atoms with Crippen LogP contribution in [0.25, 0.3) is 55.2 Å². The lowest BCUT2D eigenvalue weighted by Crippen LogP contribution is -2.53. The van der Waals surface area contributed by atoms with Crippen LogP contribution in [0.1, 0.15) is 34.6 Å². The molecule has 58 heteroatoms. The Morgan fingerprint density at radius 3 is 1.22 bits per heavy atom. The normalized spacial score (nSPS) is 32.6. The first-order valence-electron chi connectivity index (χ1n) is 38.0. The molecule has 5 fully saturated rings. The number of halogens is 12. The molecule has 0 radical (unpaired) electrons. The molecule has 0 amide bonds. The van der Waals surface area contributed by atoms with Crippen LogP contribution in [0.4, 0.5) is 11.6 Å². The molecule has 41 nitrogen and oxygen atoms in total. The summed E-state index contributed by atoms with van der Waals surface area (Å²) < 4.78 is 83.1. The number of aromatic nitrogens is 15. The second kappa shape index (κ2) is 41.2. The molecule has 5 saturated heterocycles. The molecule has 0 aliphatic carbocycles. The van der Waals surface area contributed by atoms with E-state index in [0.717, 1.165) is 28.1 Å².